The molecular formula is C7H4BF3KNS. The molecule has 0 bridgehead atoms. The second kappa shape index (κ2) is 4.63. The van der Waals surface area contributed by atoms with E-state index in [0.29, 0.717) is 5.39 Å². The molecular weight excluding hydrogens is 237 g/mol. The first-order chi connectivity index (χ1) is 6.07. The third-order valence-corrected chi connectivity index (χ3v) is 2.53. The van der Waals surface area contributed by atoms with Crippen molar-refractivity contribution in [2.24, 2.45) is 0 Å². The maximum Gasteiger partial charge on any atom is 1.00 e. The van der Waals surface area contributed by atoms with Gasteiger partial charge in [-0.25, -0.2) is 0 Å². The Bertz CT molecular complexity index is 442. The fourth-order valence-electron chi connectivity index (χ4n) is 1.09. The summed E-state index contributed by atoms with van der Waals surface area (Å²) in [6.45, 7) is -4.89. The molecule has 0 aliphatic heterocycles. The average molecular weight is 241 g/mol. The largest absolute Gasteiger partial charge is 1.00 e. The van der Waals surface area contributed by atoms with E-state index in [1.807, 2.05) is 0 Å². The molecule has 2 aromatic rings. The van der Waals surface area contributed by atoms with Crippen LogP contribution in [0.3, 0.4) is 0 Å². The van der Waals surface area contributed by atoms with Crippen molar-refractivity contribution in [3.8, 4) is 0 Å². The minimum Gasteiger partial charge on any atom is -0.445 e. The number of rotatable bonds is 1. The Kier molecular flexibility index (Phi) is 4.19. The molecule has 1 nitrogen and oxygen atoms in total. The number of hydrogen-bond acceptors (Lipinski definition) is 2. The number of hydrogen-bond donors (Lipinski definition) is 0. The van der Waals surface area contributed by atoms with Gasteiger partial charge in [0.25, 0.3) is 0 Å². The Hall–Kier alpha value is 0.601. The van der Waals surface area contributed by atoms with Gasteiger partial charge in [0.05, 0.1) is 4.70 Å². The van der Waals surface area contributed by atoms with Crippen LogP contribution in [0.2, 0.25) is 0 Å². The van der Waals surface area contributed by atoms with Crippen molar-refractivity contribution in [3.05, 3.63) is 24.4 Å². The van der Waals surface area contributed by atoms with E-state index in [1.54, 1.807) is 0 Å². The van der Waals surface area contributed by atoms with Gasteiger partial charge in [0.15, 0.2) is 0 Å². The Morgan fingerprint density at radius 3 is 2.57 bits per heavy atom. The fraction of sp³-hybridized carbons (Fsp3) is 0. The van der Waals surface area contributed by atoms with Gasteiger partial charge in [-0.1, -0.05) is 12.1 Å². The van der Waals surface area contributed by atoms with E-state index in [4.69, 9.17) is 0 Å². The molecule has 0 radical (unpaired) electrons. The average Bonchev–Trinajstić information content (AvgIpc) is 2.47. The normalized spacial score (nSPS) is 11.4. The van der Waals surface area contributed by atoms with Crippen molar-refractivity contribution in [2.45, 2.75) is 0 Å². The predicted octanol–water partition coefficient (Wildman–Crippen LogP) is -0.645. The molecule has 0 atom stereocenters. The zero-order valence-electron chi connectivity index (χ0n) is 7.38. The Morgan fingerprint density at radius 2 is 1.93 bits per heavy atom. The SMILES string of the molecule is F[B-](F)(F)c1ccc2sncc2c1.[K+]. The van der Waals surface area contributed by atoms with E-state index in [2.05, 4.69) is 4.37 Å². The standard InChI is InChI=1S/C7H4BF3NS.K/c9-8(10,11)6-1-2-7-5(3-6)4-12-13-7;/h1-4H;/q-1;+1. The van der Waals surface area contributed by atoms with E-state index >= 15 is 0 Å². The van der Waals surface area contributed by atoms with Crippen molar-refractivity contribution in [1.82, 2.24) is 4.37 Å². The predicted molar refractivity (Wildman–Crippen MR) is 48.3 cm³/mol. The molecule has 0 aliphatic rings. The van der Waals surface area contributed by atoms with Gasteiger partial charge in [0.1, 0.15) is 0 Å². The van der Waals surface area contributed by atoms with Gasteiger partial charge in [-0.3, -0.25) is 0 Å². The molecule has 0 unspecified atom stereocenters. The summed E-state index contributed by atoms with van der Waals surface area (Å²) in [5.41, 5.74) is -0.562. The number of nitrogens with zero attached hydrogens (tertiary/aromatic N) is 1. The zero-order chi connectivity index (χ0) is 9.47. The first-order valence-electron chi connectivity index (χ1n) is 3.61. The van der Waals surface area contributed by atoms with Crippen molar-refractivity contribution in [1.29, 1.82) is 0 Å². The van der Waals surface area contributed by atoms with Crippen LogP contribution in [-0.2, 0) is 0 Å². The zero-order valence-corrected chi connectivity index (χ0v) is 11.3. The first kappa shape index (κ1) is 12.7. The molecule has 14 heavy (non-hydrogen) atoms. The van der Waals surface area contributed by atoms with Gasteiger partial charge in [-0.05, 0) is 17.6 Å². The summed E-state index contributed by atoms with van der Waals surface area (Å²) >= 11 is 1.20. The van der Waals surface area contributed by atoms with Crippen LogP contribution in [-0.4, -0.2) is 11.4 Å². The molecule has 0 N–H and O–H groups in total. The van der Waals surface area contributed by atoms with Gasteiger partial charge in [0.2, 0.25) is 0 Å². The molecule has 0 amide bonds. The van der Waals surface area contributed by atoms with Crippen LogP contribution in [0.1, 0.15) is 0 Å². The van der Waals surface area contributed by atoms with Crippen LogP contribution in [0.5, 0.6) is 0 Å². The summed E-state index contributed by atoms with van der Waals surface area (Å²) in [5.74, 6) is 0. The van der Waals surface area contributed by atoms with Crippen LogP contribution in [0.25, 0.3) is 10.1 Å². The van der Waals surface area contributed by atoms with Crippen molar-refractivity contribution in [2.75, 3.05) is 0 Å². The number of benzene rings is 1. The van der Waals surface area contributed by atoms with E-state index < -0.39 is 12.4 Å². The molecule has 0 spiro atoms. The summed E-state index contributed by atoms with van der Waals surface area (Å²) in [5, 5.41) is 0.557. The summed E-state index contributed by atoms with van der Waals surface area (Å²) in [7, 11) is 0. The molecule has 7 heteroatoms. The Labute approximate surface area is 125 Å². The molecule has 0 saturated heterocycles. The molecule has 0 fully saturated rings. The maximum atomic E-state index is 12.3. The van der Waals surface area contributed by atoms with Crippen LogP contribution >= 0.6 is 11.5 Å². The van der Waals surface area contributed by atoms with Crippen molar-refractivity contribution < 1.29 is 64.3 Å². The summed E-state index contributed by atoms with van der Waals surface area (Å²) in [4.78, 5) is 0. The molecule has 0 aliphatic carbocycles. The monoisotopic (exact) mass is 241 g/mol. The molecule has 0 saturated carbocycles. The molecule has 1 aromatic heterocycles. The number of halogens is 3. The second-order valence-electron chi connectivity index (χ2n) is 2.70. The third kappa shape index (κ3) is 2.59. The summed E-state index contributed by atoms with van der Waals surface area (Å²) < 4.78 is 41.4. The smallest absolute Gasteiger partial charge is 0.445 e. The topological polar surface area (TPSA) is 12.9 Å². The minimum atomic E-state index is -4.89. The maximum absolute atomic E-state index is 12.3. The van der Waals surface area contributed by atoms with Crippen molar-refractivity contribution >= 4 is 34.1 Å². The Balaban J connectivity index is 0.000000980. The van der Waals surface area contributed by atoms with Crippen LogP contribution < -0.4 is 56.8 Å². The van der Waals surface area contributed by atoms with E-state index in [-0.39, 0.29) is 51.4 Å². The first-order valence-corrected chi connectivity index (χ1v) is 4.39. The Morgan fingerprint density at radius 1 is 1.21 bits per heavy atom. The molecule has 2 rings (SSSR count). The second-order valence-corrected chi connectivity index (χ2v) is 3.53. The van der Waals surface area contributed by atoms with Crippen LogP contribution in [0, 0.1) is 0 Å². The minimum absolute atomic E-state index is 0. The summed E-state index contributed by atoms with van der Waals surface area (Å²) in [6.07, 6.45) is 1.45. The van der Waals surface area contributed by atoms with Gasteiger partial charge >= 0.3 is 58.4 Å². The van der Waals surface area contributed by atoms with E-state index in [0.717, 1.165) is 16.8 Å². The third-order valence-electron chi connectivity index (χ3n) is 1.75. The van der Waals surface area contributed by atoms with E-state index in [1.165, 1.54) is 23.8 Å². The summed E-state index contributed by atoms with van der Waals surface area (Å²) in [6, 6.07) is 3.69. The fourth-order valence-corrected chi connectivity index (χ4v) is 1.72. The quantitative estimate of drug-likeness (QED) is 0.605. The van der Waals surface area contributed by atoms with Gasteiger partial charge in [-0.2, -0.15) is 4.37 Å². The van der Waals surface area contributed by atoms with Crippen LogP contribution in [0.4, 0.5) is 12.9 Å². The van der Waals surface area contributed by atoms with Gasteiger partial charge in [-0.15, -0.1) is 5.46 Å². The number of fused-ring (bicyclic) bond motifs is 1. The molecule has 1 heterocycles. The van der Waals surface area contributed by atoms with Gasteiger partial charge < -0.3 is 12.9 Å². The molecule has 1 aromatic carbocycles. The van der Waals surface area contributed by atoms with Crippen molar-refractivity contribution in [3.63, 3.8) is 0 Å². The number of aromatic nitrogens is 1. The van der Waals surface area contributed by atoms with E-state index in [9.17, 15) is 12.9 Å². The van der Waals surface area contributed by atoms with Crippen LogP contribution in [0.15, 0.2) is 24.4 Å². The molecule has 68 valence electrons. The van der Waals surface area contributed by atoms with Gasteiger partial charge in [0, 0.05) is 11.6 Å².